The van der Waals surface area contributed by atoms with Crippen LogP contribution >= 0.6 is 0 Å². The topological polar surface area (TPSA) is 18.5 Å². The molecule has 0 bridgehead atoms. The van der Waals surface area contributed by atoms with E-state index in [1.54, 1.807) is 0 Å². The van der Waals surface area contributed by atoms with Crippen molar-refractivity contribution in [1.29, 1.82) is 0 Å². The molecule has 1 atom stereocenters. The Kier molecular flexibility index (Phi) is 9.31. The van der Waals surface area contributed by atoms with Gasteiger partial charge in [-0.25, -0.2) is 0 Å². The Bertz CT molecular complexity index is 349. The molecule has 1 unspecified atom stereocenters. The minimum atomic E-state index is 0.416. The number of benzene rings is 1. The molecule has 0 saturated heterocycles. The normalized spacial score (nSPS) is 13.0. The minimum Gasteiger partial charge on any atom is -0.312 e. The molecule has 0 aliphatic carbocycles. The fourth-order valence-corrected chi connectivity index (χ4v) is 2.74. The summed E-state index contributed by atoms with van der Waals surface area (Å²) in [7, 11) is 2.06. The summed E-state index contributed by atoms with van der Waals surface area (Å²) in [4.78, 5) is 5.05. The number of hydrogen-bond acceptors (Lipinski definition) is 3. The molecule has 1 aromatic rings. The van der Waals surface area contributed by atoms with Crippen LogP contribution in [0, 0.1) is 0 Å². The Morgan fingerprint density at radius 2 is 1.48 bits per heavy atom. The minimum absolute atomic E-state index is 0.416. The van der Waals surface area contributed by atoms with Crippen molar-refractivity contribution in [2.45, 2.75) is 33.2 Å². The molecule has 0 heterocycles. The van der Waals surface area contributed by atoms with Crippen LogP contribution in [0.4, 0.5) is 0 Å². The van der Waals surface area contributed by atoms with Crippen molar-refractivity contribution >= 4 is 0 Å². The van der Waals surface area contributed by atoms with E-state index in [1.807, 2.05) is 0 Å². The van der Waals surface area contributed by atoms with Crippen LogP contribution in [0.5, 0.6) is 0 Å². The van der Waals surface area contributed by atoms with Gasteiger partial charge in [0.1, 0.15) is 0 Å². The SMILES string of the molecule is CCN(CC)CCCN(CC)CC(NC)c1ccccc1. The van der Waals surface area contributed by atoms with Gasteiger partial charge >= 0.3 is 0 Å². The lowest BCUT2D eigenvalue weighted by atomic mass is 10.1. The third-order valence-electron chi connectivity index (χ3n) is 4.28. The van der Waals surface area contributed by atoms with Gasteiger partial charge in [0, 0.05) is 12.6 Å². The molecule has 0 aliphatic heterocycles. The quantitative estimate of drug-likeness (QED) is 0.676. The molecule has 0 fully saturated rings. The monoisotopic (exact) mass is 291 g/mol. The highest BCUT2D eigenvalue weighted by Crippen LogP contribution is 2.13. The summed E-state index contributed by atoms with van der Waals surface area (Å²) < 4.78 is 0. The molecule has 0 saturated carbocycles. The molecule has 120 valence electrons. The second-order valence-electron chi connectivity index (χ2n) is 5.53. The van der Waals surface area contributed by atoms with Crippen molar-refractivity contribution in [3.05, 3.63) is 35.9 Å². The van der Waals surface area contributed by atoms with Crippen LogP contribution in [-0.4, -0.2) is 56.1 Å². The Labute approximate surface area is 131 Å². The lowest BCUT2D eigenvalue weighted by molar-refractivity contribution is 0.228. The Hall–Kier alpha value is -0.900. The van der Waals surface area contributed by atoms with E-state index in [1.165, 1.54) is 25.1 Å². The molecule has 0 aromatic heterocycles. The second kappa shape index (κ2) is 10.8. The summed E-state index contributed by atoms with van der Waals surface area (Å²) in [5.74, 6) is 0. The summed E-state index contributed by atoms with van der Waals surface area (Å²) in [5, 5.41) is 3.45. The van der Waals surface area contributed by atoms with Gasteiger partial charge in [0.15, 0.2) is 0 Å². The maximum atomic E-state index is 3.45. The smallest absolute Gasteiger partial charge is 0.0446 e. The molecule has 1 rings (SSSR count). The highest BCUT2D eigenvalue weighted by atomic mass is 15.2. The highest BCUT2D eigenvalue weighted by Gasteiger charge is 2.13. The second-order valence-corrected chi connectivity index (χ2v) is 5.53. The molecule has 0 amide bonds. The zero-order valence-corrected chi connectivity index (χ0v) is 14.3. The van der Waals surface area contributed by atoms with Crippen LogP contribution in [0.1, 0.15) is 38.8 Å². The van der Waals surface area contributed by atoms with Gasteiger partial charge in [-0.05, 0) is 51.8 Å². The van der Waals surface area contributed by atoms with Crippen molar-refractivity contribution < 1.29 is 0 Å². The van der Waals surface area contributed by atoms with Gasteiger partial charge < -0.3 is 15.1 Å². The molecule has 0 radical (unpaired) electrons. The summed E-state index contributed by atoms with van der Waals surface area (Å²) >= 11 is 0. The zero-order valence-electron chi connectivity index (χ0n) is 14.3. The first kappa shape index (κ1) is 18.1. The largest absolute Gasteiger partial charge is 0.312 e. The van der Waals surface area contributed by atoms with Gasteiger partial charge in [0.05, 0.1) is 0 Å². The first-order valence-electron chi connectivity index (χ1n) is 8.41. The first-order chi connectivity index (χ1) is 10.2. The summed E-state index contributed by atoms with van der Waals surface area (Å²) in [6, 6.07) is 11.2. The Morgan fingerprint density at radius 1 is 0.905 bits per heavy atom. The van der Waals surface area contributed by atoms with Gasteiger partial charge in [0.25, 0.3) is 0 Å². The van der Waals surface area contributed by atoms with Gasteiger partial charge in [0.2, 0.25) is 0 Å². The van der Waals surface area contributed by atoms with Gasteiger partial charge in [-0.2, -0.15) is 0 Å². The summed E-state index contributed by atoms with van der Waals surface area (Å²) in [6.45, 7) is 13.6. The standard InChI is InChI=1S/C18H33N3/c1-5-20(6-2)14-11-15-21(7-3)16-18(19-4)17-12-9-8-10-13-17/h8-10,12-13,18-19H,5-7,11,14-16H2,1-4H3. The molecule has 1 N–H and O–H groups in total. The lowest BCUT2D eigenvalue weighted by Crippen LogP contribution is -2.36. The average Bonchev–Trinajstić information content (AvgIpc) is 2.55. The summed E-state index contributed by atoms with van der Waals surface area (Å²) in [5.41, 5.74) is 1.38. The molecule has 1 aromatic carbocycles. The zero-order chi connectivity index (χ0) is 15.5. The van der Waals surface area contributed by atoms with Gasteiger partial charge in [-0.3, -0.25) is 0 Å². The third-order valence-corrected chi connectivity index (χ3v) is 4.28. The van der Waals surface area contributed by atoms with Crippen molar-refractivity contribution in [3.63, 3.8) is 0 Å². The molecule has 0 spiro atoms. The number of rotatable bonds is 11. The van der Waals surface area contributed by atoms with Crippen LogP contribution in [0.2, 0.25) is 0 Å². The number of likely N-dealkylation sites (N-methyl/N-ethyl adjacent to an activating group) is 2. The van der Waals surface area contributed by atoms with Crippen LogP contribution in [0.25, 0.3) is 0 Å². The van der Waals surface area contributed by atoms with E-state index in [2.05, 4.69) is 73.3 Å². The van der Waals surface area contributed by atoms with Crippen LogP contribution in [0.3, 0.4) is 0 Å². The van der Waals surface area contributed by atoms with E-state index >= 15 is 0 Å². The van der Waals surface area contributed by atoms with Gasteiger partial charge in [-0.15, -0.1) is 0 Å². The predicted molar refractivity (Wildman–Crippen MR) is 92.8 cm³/mol. The van der Waals surface area contributed by atoms with Gasteiger partial charge in [-0.1, -0.05) is 51.1 Å². The molecule has 0 aliphatic rings. The number of nitrogens with zero attached hydrogens (tertiary/aromatic N) is 2. The molecular weight excluding hydrogens is 258 g/mol. The fraction of sp³-hybridized carbons (Fsp3) is 0.667. The maximum Gasteiger partial charge on any atom is 0.0446 e. The maximum absolute atomic E-state index is 3.45. The van der Waals surface area contributed by atoms with E-state index < -0.39 is 0 Å². The molecular formula is C18H33N3. The third kappa shape index (κ3) is 6.60. The van der Waals surface area contributed by atoms with E-state index in [9.17, 15) is 0 Å². The fourth-order valence-electron chi connectivity index (χ4n) is 2.74. The van der Waals surface area contributed by atoms with E-state index in [4.69, 9.17) is 0 Å². The molecule has 3 heteroatoms. The summed E-state index contributed by atoms with van der Waals surface area (Å²) in [6.07, 6.45) is 1.25. The van der Waals surface area contributed by atoms with Crippen molar-refractivity contribution in [2.75, 3.05) is 46.3 Å². The van der Waals surface area contributed by atoms with Crippen LogP contribution < -0.4 is 5.32 Å². The van der Waals surface area contributed by atoms with E-state index in [-0.39, 0.29) is 0 Å². The van der Waals surface area contributed by atoms with E-state index in [0.29, 0.717) is 6.04 Å². The molecule has 21 heavy (non-hydrogen) atoms. The molecule has 3 nitrogen and oxygen atoms in total. The predicted octanol–water partition coefficient (Wildman–Crippen LogP) is 3.00. The Morgan fingerprint density at radius 3 is 2.00 bits per heavy atom. The first-order valence-corrected chi connectivity index (χ1v) is 8.41. The van der Waals surface area contributed by atoms with Crippen molar-refractivity contribution in [2.24, 2.45) is 0 Å². The van der Waals surface area contributed by atoms with E-state index in [0.717, 1.165) is 26.2 Å². The lowest BCUT2D eigenvalue weighted by Gasteiger charge is -2.27. The number of hydrogen-bond donors (Lipinski definition) is 1. The average molecular weight is 291 g/mol. The van der Waals surface area contributed by atoms with Crippen LogP contribution in [-0.2, 0) is 0 Å². The van der Waals surface area contributed by atoms with Crippen LogP contribution in [0.15, 0.2) is 30.3 Å². The Balaban J connectivity index is 2.44. The highest BCUT2D eigenvalue weighted by molar-refractivity contribution is 5.19. The van der Waals surface area contributed by atoms with Crippen molar-refractivity contribution in [1.82, 2.24) is 15.1 Å². The van der Waals surface area contributed by atoms with Crippen molar-refractivity contribution in [3.8, 4) is 0 Å². The number of nitrogens with one attached hydrogen (secondary N) is 1.